The number of fused-ring (bicyclic) bond motifs is 1. The fourth-order valence-electron chi connectivity index (χ4n) is 2.76. The number of urea groups is 1. The number of anilines is 1. The monoisotopic (exact) mass is 269 g/mol. The van der Waals surface area contributed by atoms with E-state index in [1.807, 2.05) is 18.2 Å². The third-order valence-electron chi connectivity index (χ3n) is 3.49. The van der Waals surface area contributed by atoms with Crippen molar-refractivity contribution in [2.45, 2.75) is 33.2 Å². The van der Waals surface area contributed by atoms with E-state index in [4.69, 9.17) is 12.2 Å². The Labute approximate surface area is 119 Å². The third kappa shape index (κ3) is 2.35. The Hall–Kier alpha value is -2.41. The summed E-state index contributed by atoms with van der Waals surface area (Å²) in [6, 6.07) is 5.25. The molecule has 104 valence electrons. The minimum Gasteiger partial charge on any atom is -0.351 e. The van der Waals surface area contributed by atoms with Crippen LogP contribution in [0.25, 0.3) is 10.9 Å². The van der Waals surface area contributed by atoms with Crippen molar-refractivity contribution < 1.29 is 4.79 Å². The molecule has 0 aliphatic heterocycles. The second kappa shape index (κ2) is 5.70. The molecule has 3 N–H and O–H groups in total. The molecule has 4 heteroatoms. The van der Waals surface area contributed by atoms with Gasteiger partial charge < -0.3 is 15.6 Å². The molecule has 0 spiro atoms. The number of primary amides is 1. The molecular weight excluding hydrogens is 250 g/mol. The molecule has 0 saturated carbocycles. The van der Waals surface area contributed by atoms with E-state index in [9.17, 15) is 4.79 Å². The first-order chi connectivity index (χ1) is 9.62. The molecule has 2 amide bonds. The number of carbonyl (C=O) groups excluding carboxylic acids is 1. The lowest BCUT2D eigenvalue weighted by molar-refractivity contribution is 0.259. The molecule has 0 atom stereocenters. The minimum atomic E-state index is -0.564. The number of aromatic nitrogens is 1. The van der Waals surface area contributed by atoms with Gasteiger partial charge in [0.15, 0.2) is 0 Å². The van der Waals surface area contributed by atoms with Crippen LogP contribution < -0.4 is 11.1 Å². The third-order valence-corrected chi connectivity index (χ3v) is 3.49. The normalized spacial score (nSPS) is 10.4. The summed E-state index contributed by atoms with van der Waals surface area (Å²) in [5.74, 6) is 2.70. The zero-order chi connectivity index (χ0) is 14.7. The Kier molecular flexibility index (Phi) is 3.99. The predicted molar refractivity (Wildman–Crippen MR) is 82.7 cm³/mol. The summed E-state index contributed by atoms with van der Waals surface area (Å²) in [5, 5.41) is 3.79. The maximum absolute atomic E-state index is 11.0. The van der Waals surface area contributed by atoms with Crippen LogP contribution in [0.1, 0.15) is 25.1 Å². The first-order valence-electron chi connectivity index (χ1n) is 6.76. The second-order valence-electron chi connectivity index (χ2n) is 4.64. The molecule has 0 aliphatic rings. The lowest BCUT2D eigenvalue weighted by atomic mass is 10.1. The zero-order valence-corrected chi connectivity index (χ0v) is 11.9. The molecule has 0 radical (unpaired) electrons. The van der Waals surface area contributed by atoms with Crippen LogP contribution in [0.4, 0.5) is 10.5 Å². The number of nitrogens with one attached hydrogen (secondary N) is 1. The summed E-state index contributed by atoms with van der Waals surface area (Å²) >= 11 is 0. The molecule has 0 fully saturated rings. The van der Waals surface area contributed by atoms with Crippen LogP contribution in [0.3, 0.4) is 0 Å². The average Bonchev–Trinajstić information content (AvgIpc) is 2.71. The lowest BCUT2D eigenvalue weighted by Gasteiger charge is -2.07. The number of benzene rings is 1. The molecule has 0 unspecified atom stereocenters. The Morgan fingerprint density at radius 2 is 2.15 bits per heavy atom. The van der Waals surface area contributed by atoms with Crippen molar-refractivity contribution in [3.63, 3.8) is 0 Å². The largest absolute Gasteiger partial charge is 0.351 e. The molecule has 2 rings (SSSR count). The minimum absolute atomic E-state index is 0.527. The Bertz CT molecular complexity index is 692. The van der Waals surface area contributed by atoms with Crippen molar-refractivity contribution in [2.24, 2.45) is 5.73 Å². The van der Waals surface area contributed by atoms with Crippen LogP contribution >= 0.6 is 0 Å². The van der Waals surface area contributed by atoms with Gasteiger partial charge >= 0.3 is 6.03 Å². The van der Waals surface area contributed by atoms with E-state index in [0.717, 1.165) is 18.4 Å². The second-order valence-corrected chi connectivity index (χ2v) is 4.64. The van der Waals surface area contributed by atoms with Gasteiger partial charge in [-0.05, 0) is 30.5 Å². The molecule has 4 nitrogen and oxygen atoms in total. The van der Waals surface area contributed by atoms with Crippen molar-refractivity contribution in [1.82, 2.24) is 4.57 Å². The van der Waals surface area contributed by atoms with Gasteiger partial charge in [0, 0.05) is 16.8 Å². The van der Waals surface area contributed by atoms with E-state index in [2.05, 4.69) is 29.7 Å². The van der Waals surface area contributed by atoms with Crippen LogP contribution in [0.15, 0.2) is 18.2 Å². The summed E-state index contributed by atoms with van der Waals surface area (Å²) in [6.07, 6.45) is 7.37. The Morgan fingerprint density at radius 3 is 2.70 bits per heavy atom. The first-order valence-corrected chi connectivity index (χ1v) is 6.76. The number of terminal acetylenes is 1. The Balaban J connectivity index is 2.69. The number of aryl methyl sites for hydroxylation is 1. The number of hydrogen-bond acceptors (Lipinski definition) is 1. The maximum Gasteiger partial charge on any atom is 0.316 e. The van der Waals surface area contributed by atoms with E-state index < -0.39 is 6.03 Å². The number of amides is 2. The van der Waals surface area contributed by atoms with Gasteiger partial charge in [-0.15, -0.1) is 6.42 Å². The van der Waals surface area contributed by atoms with Crippen LogP contribution in [-0.4, -0.2) is 10.6 Å². The van der Waals surface area contributed by atoms with E-state index in [1.165, 1.54) is 16.6 Å². The van der Waals surface area contributed by atoms with Crippen LogP contribution in [-0.2, 0) is 19.4 Å². The fraction of sp³-hybridized carbons (Fsp3) is 0.312. The molecule has 20 heavy (non-hydrogen) atoms. The number of rotatable bonds is 4. The molecule has 0 aliphatic carbocycles. The van der Waals surface area contributed by atoms with Gasteiger partial charge in [-0.2, -0.15) is 0 Å². The van der Waals surface area contributed by atoms with E-state index >= 15 is 0 Å². The SMILES string of the molecule is C#CCn1c(CC)c(CC)c2ccc(NC(N)=O)cc21. The van der Waals surface area contributed by atoms with Gasteiger partial charge in [0.25, 0.3) is 0 Å². The highest BCUT2D eigenvalue weighted by Crippen LogP contribution is 2.29. The summed E-state index contributed by atoms with van der Waals surface area (Å²) in [7, 11) is 0. The van der Waals surface area contributed by atoms with Crippen molar-refractivity contribution in [2.75, 3.05) is 5.32 Å². The summed E-state index contributed by atoms with van der Waals surface area (Å²) in [6.45, 7) is 4.80. The highest BCUT2D eigenvalue weighted by Gasteiger charge is 2.14. The number of nitrogens with zero attached hydrogens (tertiary/aromatic N) is 1. The smallest absolute Gasteiger partial charge is 0.316 e. The zero-order valence-electron chi connectivity index (χ0n) is 11.9. The maximum atomic E-state index is 11.0. The van der Waals surface area contributed by atoms with Crippen LogP contribution in [0.5, 0.6) is 0 Å². The molecule has 2 aromatic rings. The molecule has 1 aromatic carbocycles. The van der Waals surface area contributed by atoms with Crippen molar-refractivity contribution in [1.29, 1.82) is 0 Å². The predicted octanol–water partition coefficient (Wildman–Crippen LogP) is 2.89. The summed E-state index contributed by atoms with van der Waals surface area (Å²) in [5.41, 5.74) is 9.48. The van der Waals surface area contributed by atoms with Crippen LogP contribution in [0.2, 0.25) is 0 Å². The van der Waals surface area contributed by atoms with E-state index in [0.29, 0.717) is 12.2 Å². The summed E-state index contributed by atoms with van der Waals surface area (Å²) < 4.78 is 2.14. The standard InChI is InChI=1S/C16H19N3O/c1-4-9-19-14(6-3)12(5-2)13-8-7-11(10-15(13)19)18-16(17)20/h1,7-8,10H,5-6,9H2,2-3H3,(H3,17,18,20). The van der Waals surface area contributed by atoms with Gasteiger partial charge in [-0.25, -0.2) is 4.79 Å². The highest BCUT2D eigenvalue weighted by molar-refractivity contribution is 5.93. The average molecular weight is 269 g/mol. The Morgan fingerprint density at radius 1 is 1.40 bits per heavy atom. The molecule has 0 bridgehead atoms. The van der Waals surface area contributed by atoms with Crippen molar-refractivity contribution in [3.8, 4) is 12.3 Å². The molecule has 1 aromatic heterocycles. The van der Waals surface area contributed by atoms with Crippen LogP contribution in [0, 0.1) is 12.3 Å². The molecule has 0 saturated heterocycles. The van der Waals surface area contributed by atoms with Gasteiger partial charge in [0.1, 0.15) is 0 Å². The van der Waals surface area contributed by atoms with Gasteiger partial charge in [0.05, 0.1) is 12.1 Å². The van der Waals surface area contributed by atoms with Crippen molar-refractivity contribution in [3.05, 3.63) is 29.5 Å². The van der Waals surface area contributed by atoms with E-state index in [-0.39, 0.29) is 0 Å². The van der Waals surface area contributed by atoms with Gasteiger partial charge in [-0.3, -0.25) is 0 Å². The fourth-order valence-corrected chi connectivity index (χ4v) is 2.76. The highest BCUT2D eigenvalue weighted by atomic mass is 16.2. The number of nitrogens with two attached hydrogens (primary N) is 1. The topological polar surface area (TPSA) is 60.1 Å². The quantitative estimate of drug-likeness (QED) is 0.824. The number of hydrogen-bond donors (Lipinski definition) is 2. The summed E-state index contributed by atoms with van der Waals surface area (Å²) in [4.78, 5) is 11.0. The molecular formula is C16H19N3O. The van der Waals surface area contributed by atoms with E-state index in [1.54, 1.807) is 0 Å². The van der Waals surface area contributed by atoms with Gasteiger partial charge in [0.2, 0.25) is 0 Å². The first kappa shape index (κ1) is 14.0. The van der Waals surface area contributed by atoms with Crippen molar-refractivity contribution >= 4 is 22.6 Å². The van der Waals surface area contributed by atoms with Gasteiger partial charge in [-0.1, -0.05) is 25.8 Å². The molecule has 1 heterocycles. The lowest BCUT2D eigenvalue weighted by Crippen LogP contribution is -2.19. The number of carbonyl (C=O) groups is 1.